The van der Waals surface area contributed by atoms with Crippen LogP contribution in [-0.2, 0) is 0 Å². The lowest BCUT2D eigenvalue weighted by molar-refractivity contribution is 0.0827. The van der Waals surface area contributed by atoms with Crippen molar-refractivity contribution in [3.63, 3.8) is 0 Å². The Balaban J connectivity index is 2.01. The first-order chi connectivity index (χ1) is 4.90. The summed E-state index contributed by atoms with van der Waals surface area (Å²) >= 11 is 0. The van der Waals surface area contributed by atoms with Crippen LogP contribution in [0.2, 0.25) is 0 Å². The van der Waals surface area contributed by atoms with Gasteiger partial charge in [-0.1, -0.05) is 13.3 Å². The molecule has 2 bridgehead atoms. The molecule has 0 saturated carbocycles. The Morgan fingerprint density at radius 3 is 2.80 bits per heavy atom. The Kier molecular flexibility index (Phi) is 1.69. The zero-order chi connectivity index (χ0) is 6.97. The molecule has 3 heterocycles. The van der Waals surface area contributed by atoms with Gasteiger partial charge in [-0.15, -0.1) is 0 Å². The molecule has 3 saturated heterocycles. The van der Waals surface area contributed by atoms with Gasteiger partial charge in [-0.3, -0.25) is 4.90 Å². The third-order valence-corrected chi connectivity index (χ3v) is 3.11. The Labute approximate surface area is 63.4 Å². The van der Waals surface area contributed by atoms with Gasteiger partial charge in [0.1, 0.15) is 0 Å². The van der Waals surface area contributed by atoms with Crippen molar-refractivity contribution in [2.45, 2.75) is 26.2 Å². The second-order valence-electron chi connectivity index (χ2n) is 3.63. The molecule has 3 aliphatic heterocycles. The minimum absolute atomic E-state index is 1.01. The maximum absolute atomic E-state index is 2.51. The molecule has 0 amide bonds. The highest BCUT2D eigenvalue weighted by molar-refractivity contribution is 4.91. The van der Waals surface area contributed by atoms with E-state index in [1.165, 1.54) is 32.4 Å². The smallest absolute Gasteiger partial charge is 0.0254 e. The lowest BCUT2D eigenvalue weighted by Gasteiger charge is -2.44. The highest BCUT2D eigenvalue weighted by atomic mass is 15.1. The molecular weight excluding hydrogens is 122 g/mol. The van der Waals surface area contributed by atoms with Crippen LogP contribution in [0.5, 0.6) is 0 Å². The molecule has 1 radical (unpaired) electrons. The number of piperidine rings is 3. The number of nitrogens with zero attached hydrogens (tertiary/aromatic N) is 1. The van der Waals surface area contributed by atoms with Crippen LogP contribution in [-0.4, -0.2) is 18.0 Å². The molecule has 2 unspecified atom stereocenters. The largest absolute Gasteiger partial charge is 0.299 e. The lowest BCUT2D eigenvalue weighted by Crippen LogP contribution is -2.44. The fourth-order valence-corrected chi connectivity index (χ4v) is 2.33. The van der Waals surface area contributed by atoms with Crippen molar-refractivity contribution in [2.24, 2.45) is 11.8 Å². The molecule has 3 aliphatic rings. The van der Waals surface area contributed by atoms with Gasteiger partial charge in [0, 0.05) is 13.1 Å². The second kappa shape index (κ2) is 2.54. The van der Waals surface area contributed by atoms with Crippen LogP contribution in [0.1, 0.15) is 26.2 Å². The van der Waals surface area contributed by atoms with Gasteiger partial charge in [-0.25, -0.2) is 0 Å². The molecule has 1 heteroatoms. The van der Waals surface area contributed by atoms with Gasteiger partial charge in [-0.2, -0.15) is 0 Å². The maximum Gasteiger partial charge on any atom is 0.0254 e. The van der Waals surface area contributed by atoms with E-state index in [2.05, 4.69) is 18.4 Å². The number of hydrogen-bond donors (Lipinski definition) is 0. The SMILES string of the molecule is CC[C@@H]1CN2[CH]CC1CC2. The van der Waals surface area contributed by atoms with Gasteiger partial charge in [0.2, 0.25) is 0 Å². The highest BCUT2D eigenvalue weighted by Crippen LogP contribution is 2.35. The third kappa shape index (κ3) is 0.968. The van der Waals surface area contributed by atoms with Crippen molar-refractivity contribution in [3.8, 4) is 0 Å². The summed E-state index contributed by atoms with van der Waals surface area (Å²) in [6.45, 7) is 7.41. The molecule has 0 N–H and O–H groups in total. The van der Waals surface area contributed by atoms with Crippen molar-refractivity contribution in [1.29, 1.82) is 0 Å². The van der Waals surface area contributed by atoms with Crippen molar-refractivity contribution in [3.05, 3.63) is 6.54 Å². The first kappa shape index (κ1) is 6.66. The van der Waals surface area contributed by atoms with E-state index in [1.807, 2.05) is 0 Å². The van der Waals surface area contributed by atoms with Crippen LogP contribution in [0.4, 0.5) is 0 Å². The van der Waals surface area contributed by atoms with Crippen LogP contribution in [0, 0.1) is 18.4 Å². The van der Waals surface area contributed by atoms with E-state index in [4.69, 9.17) is 0 Å². The minimum atomic E-state index is 1.01. The van der Waals surface area contributed by atoms with E-state index >= 15 is 0 Å². The maximum atomic E-state index is 2.51. The molecule has 0 aromatic heterocycles. The topological polar surface area (TPSA) is 3.24 Å². The van der Waals surface area contributed by atoms with Crippen molar-refractivity contribution >= 4 is 0 Å². The Bertz CT molecular complexity index is 114. The van der Waals surface area contributed by atoms with Crippen LogP contribution in [0.25, 0.3) is 0 Å². The molecule has 1 nitrogen and oxygen atoms in total. The molecule has 3 atom stereocenters. The van der Waals surface area contributed by atoms with Crippen molar-refractivity contribution < 1.29 is 0 Å². The summed E-state index contributed by atoms with van der Waals surface area (Å²) in [7, 11) is 0. The molecule has 0 spiro atoms. The summed E-state index contributed by atoms with van der Waals surface area (Å²) in [6, 6.07) is 0. The van der Waals surface area contributed by atoms with E-state index in [-0.39, 0.29) is 0 Å². The van der Waals surface area contributed by atoms with E-state index < -0.39 is 0 Å². The van der Waals surface area contributed by atoms with Gasteiger partial charge in [-0.05, 0) is 31.2 Å². The van der Waals surface area contributed by atoms with E-state index in [0.29, 0.717) is 0 Å². The average Bonchev–Trinajstić information content (AvgIpc) is 2.06. The Morgan fingerprint density at radius 1 is 1.60 bits per heavy atom. The van der Waals surface area contributed by atoms with Crippen LogP contribution in [0.3, 0.4) is 0 Å². The number of rotatable bonds is 1. The summed E-state index contributed by atoms with van der Waals surface area (Å²) in [5.74, 6) is 2.05. The standard InChI is InChI=1S/C9H16N/c1-2-8-7-10-5-3-9(8)4-6-10/h5,8-9H,2-4,6-7H2,1H3/t8-,9?/m1/s1. The summed E-state index contributed by atoms with van der Waals surface area (Å²) in [5.41, 5.74) is 0. The molecule has 3 fully saturated rings. The van der Waals surface area contributed by atoms with Crippen LogP contribution in [0.15, 0.2) is 0 Å². The fourth-order valence-electron chi connectivity index (χ4n) is 2.33. The van der Waals surface area contributed by atoms with Gasteiger partial charge >= 0.3 is 0 Å². The van der Waals surface area contributed by atoms with E-state index in [0.717, 1.165) is 11.8 Å². The van der Waals surface area contributed by atoms with Gasteiger partial charge in [0.05, 0.1) is 0 Å². The van der Waals surface area contributed by atoms with Gasteiger partial charge in [0.15, 0.2) is 0 Å². The number of fused-ring (bicyclic) bond motifs is 3. The van der Waals surface area contributed by atoms with Crippen LogP contribution < -0.4 is 0 Å². The van der Waals surface area contributed by atoms with E-state index in [9.17, 15) is 0 Å². The fraction of sp³-hybridized carbons (Fsp3) is 0.889. The quantitative estimate of drug-likeness (QED) is 0.535. The zero-order valence-corrected chi connectivity index (χ0v) is 6.71. The first-order valence-corrected chi connectivity index (χ1v) is 4.47. The predicted molar refractivity (Wildman–Crippen MR) is 42.4 cm³/mol. The minimum Gasteiger partial charge on any atom is -0.299 e. The Morgan fingerprint density at radius 2 is 2.50 bits per heavy atom. The van der Waals surface area contributed by atoms with Crippen molar-refractivity contribution in [2.75, 3.05) is 13.1 Å². The molecule has 3 rings (SSSR count). The molecular formula is C9H16N. The van der Waals surface area contributed by atoms with Crippen molar-refractivity contribution in [1.82, 2.24) is 4.90 Å². The normalized spacial score (nSPS) is 45.9. The lowest BCUT2D eigenvalue weighted by atomic mass is 9.78. The molecule has 0 aromatic carbocycles. The second-order valence-corrected chi connectivity index (χ2v) is 3.63. The summed E-state index contributed by atoms with van der Waals surface area (Å²) in [5, 5.41) is 0. The summed E-state index contributed by atoms with van der Waals surface area (Å²) in [4.78, 5) is 2.51. The third-order valence-electron chi connectivity index (χ3n) is 3.11. The predicted octanol–water partition coefficient (Wildman–Crippen LogP) is 1.90. The van der Waals surface area contributed by atoms with Gasteiger partial charge < -0.3 is 0 Å². The summed E-state index contributed by atoms with van der Waals surface area (Å²) < 4.78 is 0. The average molecular weight is 138 g/mol. The molecule has 0 aromatic rings. The zero-order valence-electron chi connectivity index (χ0n) is 6.71. The summed E-state index contributed by atoms with van der Waals surface area (Å²) in [6.07, 6.45) is 4.20. The molecule has 57 valence electrons. The number of hydrogen-bond acceptors (Lipinski definition) is 1. The monoisotopic (exact) mass is 138 g/mol. The Hall–Kier alpha value is -0.0400. The van der Waals surface area contributed by atoms with Gasteiger partial charge in [0.25, 0.3) is 0 Å². The van der Waals surface area contributed by atoms with Crippen LogP contribution >= 0.6 is 0 Å². The first-order valence-electron chi connectivity index (χ1n) is 4.47. The molecule has 10 heavy (non-hydrogen) atoms. The highest BCUT2D eigenvalue weighted by Gasteiger charge is 2.32. The molecule has 0 aliphatic carbocycles. The van der Waals surface area contributed by atoms with E-state index in [1.54, 1.807) is 0 Å².